The molecule has 0 heterocycles. The third kappa shape index (κ3) is 4.11. The molecule has 2 nitrogen and oxygen atoms in total. The van der Waals surface area contributed by atoms with Gasteiger partial charge in [0.15, 0.2) is 0 Å². The molecule has 0 saturated carbocycles. The SMILES string of the molecule is CCCNC(CCOC)c1cc(C)c(C)cc1C. The quantitative estimate of drug-likeness (QED) is 0.795. The zero-order valence-electron chi connectivity index (χ0n) is 12.5. The van der Waals surface area contributed by atoms with Gasteiger partial charge in [-0.25, -0.2) is 0 Å². The second kappa shape index (κ2) is 7.55. The minimum Gasteiger partial charge on any atom is -0.385 e. The van der Waals surface area contributed by atoms with Gasteiger partial charge in [0.2, 0.25) is 0 Å². The fourth-order valence-corrected chi connectivity index (χ4v) is 2.28. The molecule has 1 N–H and O–H groups in total. The van der Waals surface area contributed by atoms with E-state index in [4.69, 9.17) is 4.74 Å². The van der Waals surface area contributed by atoms with Crippen molar-refractivity contribution in [3.63, 3.8) is 0 Å². The van der Waals surface area contributed by atoms with E-state index in [0.29, 0.717) is 6.04 Å². The minimum absolute atomic E-state index is 0.407. The van der Waals surface area contributed by atoms with Crippen LogP contribution in [0, 0.1) is 20.8 Å². The number of hydrogen-bond acceptors (Lipinski definition) is 2. The van der Waals surface area contributed by atoms with Gasteiger partial charge in [-0.2, -0.15) is 0 Å². The molecule has 0 radical (unpaired) electrons. The lowest BCUT2D eigenvalue weighted by molar-refractivity contribution is 0.183. The highest BCUT2D eigenvalue weighted by Gasteiger charge is 2.13. The number of benzene rings is 1. The van der Waals surface area contributed by atoms with Gasteiger partial charge in [0.1, 0.15) is 0 Å². The third-order valence-electron chi connectivity index (χ3n) is 3.51. The summed E-state index contributed by atoms with van der Waals surface area (Å²) in [5, 5.41) is 3.63. The van der Waals surface area contributed by atoms with Crippen molar-refractivity contribution in [3.8, 4) is 0 Å². The summed E-state index contributed by atoms with van der Waals surface area (Å²) in [7, 11) is 1.77. The Kier molecular flexibility index (Phi) is 6.37. The molecule has 1 atom stereocenters. The van der Waals surface area contributed by atoms with Crippen LogP contribution in [0.3, 0.4) is 0 Å². The van der Waals surface area contributed by atoms with E-state index in [1.165, 1.54) is 22.3 Å². The normalized spacial score (nSPS) is 12.7. The number of aryl methyl sites for hydroxylation is 3. The predicted octanol–water partition coefficient (Wildman–Crippen LogP) is 3.69. The van der Waals surface area contributed by atoms with E-state index in [9.17, 15) is 0 Å². The van der Waals surface area contributed by atoms with Gasteiger partial charge < -0.3 is 10.1 Å². The second-order valence-corrected chi connectivity index (χ2v) is 5.08. The van der Waals surface area contributed by atoms with Crippen LogP contribution in [0.4, 0.5) is 0 Å². The Morgan fingerprint density at radius 1 is 1.11 bits per heavy atom. The molecular weight excluding hydrogens is 222 g/mol. The zero-order valence-corrected chi connectivity index (χ0v) is 12.5. The first-order chi connectivity index (χ1) is 8.60. The van der Waals surface area contributed by atoms with Gasteiger partial charge in [-0.05, 0) is 62.4 Å². The van der Waals surface area contributed by atoms with Gasteiger partial charge in [0.25, 0.3) is 0 Å². The molecule has 0 fully saturated rings. The summed E-state index contributed by atoms with van der Waals surface area (Å²) in [5.74, 6) is 0. The van der Waals surface area contributed by atoms with E-state index in [-0.39, 0.29) is 0 Å². The summed E-state index contributed by atoms with van der Waals surface area (Å²) < 4.78 is 5.23. The molecule has 2 heteroatoms. The maximum Gasteiger partial charge on any atom is 0.0480 e. The van der Waals surface area contributed by atoms with Crippen LogP contribution < -0.4 is 5.32 Å². The number of hydrogen-bond donors (Lipinski definition) is 1. The van der Waals surface area contributed by atoms with Gasteiger partial charge in [0, 0.05) is 19.8 Å². The van der Waals surface area contributed by atoms with Crippen molar-refractivity contribution in [2.75, 3.05) is 20.3 Å². The van der Waals surface area contributed by atoms with Gasteiger partial charge in [-0.3, -0.25) is 0 Å². The molecule has 0 aliphatic carbocycles. The predicted molar refractivity (Wildman–Crippen MR) is 78.2 cm³/mol. The lowest BCUT2D eigenvalue weighted by Crippen LogP contribution is -2.24. The summed E-state index contributed by atoms with van der Waals surface area (Å²) in [4.78, 5) is 0. The Morgan fingerprint density at radius 3 is 2.39 bits per heavy atom. The third-order valence-corrected chi connectivity index (χ3v) is 3.51. The molecule has 0 spiro atoms. The van der Waals surface area contributed by atoms with E-state index in [0.717, 1.165) is 26.0 Å². The monoisotopic (exact) mass is 249 g/mol. The standard InChI is InChI=1S/C16H27NO/c1-6-8-17-16(7-9-18-5)15-11-13(3)12(2)10-14(15)4/h10-11,16-17H,6-9H2,1-5H3. The van der Waals surface area contributed by atoms with Crippen LogP contribution in [0.5, 0.6) is 0 Å². The summed E-state index contributed by atoms with van der Waals surface area (Å²) in [6.45, 7) is 10.6. The van der Waals surface area contributed by atoms with Gasteiger partial charge in [-0.15, -0.1) is 0 Å². The average Bonchev–Trinajstić information content (AvgIpc) is 2.35. The van der Waals surface area contributed by atoms with Crippen molar-refractivity contribution < 1.29 is 4.74 Å². The highest BCUT2D eigenvalue weighted by molar-refractivity contribution is 5.38. The lowest BCUT2D eigenvalue weighted by atomic mass is 9.94. The maximum atomic E-state index is 5.23. The lowest BCUT2D eigenvalue weighted by Gasteiger charge is -2.22. The molecule has 102 valence electrons. The Bertz CT molecular complexity index is 366. The average molecular weight is 249 g/mol. The van der Waals surface area contributed by atoms with Crippen molar-refractivity contribution in [2.24, 2.45) is 0 Å². The van der Waals surface area contributed by atoms with Crippen molar-refractivity contribution in [1.29, 1.82) is 0 Å². The van der Waals surface area contributed by atoms with Crippen molar-refractivity contribution >= 4 is 0 Å². The molecule has 0 bridgehead atoms. The first kappa shape index (κ1) is 15.2. The molecule has 1 unspecified atom stereocenters. The molecular formula is C16H27NO. The minimum atomic E-state index is 0.407. The summed E-state index contributed by atoms with van der Waals surface area (Å²) in [6, 6.07) is 5.02. The van der Waals surface area contributed by atoms with Crippen molar-refractivity contribution in [1.82, 2.24) is 5.32 Å². The molecule has 1 aromatic carbocycles. The van der Waals surface area contributed by atoms with Crippen LogP contribution in [-0.2, 0) is 4.74 Å². The van der Waals surface area contributed by atoms with Crippen LogP contribution in [0.15, 0.2) is 12.1 Å². The van der Waals surface area contributed by atoms with E-state index in [1.54, 1.807) is 7.11 Å². The van der Waals surface area contributed by atoms with Crippen molar-refractivity contribution in [3.05, 3.63) is 34.4 Å². The van der Waals surface area contributed by atoms with E-state index in [1.807, 2.05) is 0 Å². The van der Waals surface area contributed by atoms with E-state index >= 15 is 0 Å². The molecule has 0 aliphatic rings. The smallest absolute Gasteiger partial charge is 0.0480 e. The zero-order chi connectivity index (χ0) is 13.5. The Balaban J connectivity index is 2.92. The number of methoxy groups -OCH3 is 1. The number of ether oxygens (including phenoxy) is 1. The first-order valence-electron chi connectivity index (χ1n) is 6.90. The molecule has 0 aromatic heterocycles. The first-order valence-corrected chi connectivity index (χ1v) is 6.90. The van der Waals surface area contributed by atoms with Crippen LogP contribution >= 0.6 is 0 Å². The van der Waals surface area contributed by atoms with Crippen LogP contribution in [0.2, 0.25) is 0 Å². The Hall–Kier alpha value is -0.860. The number of rotatable bonds is 7. The molecule has 0 amide bonds. The van der Waals surface area contributed by atoms with Crippen LogP contribution in [0.25, 0.3) is 0 Å². The number of nitrogens with one attached hydrogen (secondary N) is 1. The second-order valence-electron chi connectivity index (χ2n) is 5.08. The van der Waals surface area contributed by atoms with Crippen molar-refractivity contribution in [2.45, 2.75) is 46.6 Å². The highest BCUT2D eigenvalue weighted by atomic mass is 16.5. The molecule has 1 rings (SSSR count). The Labute approximate surface area is 112 Å². The fourth-order valence-electron chi connectivity index (χ4n) is 2.28. The maximum absolute atomic E-state index is 5.23. The summed E-state index contributed by atoms with van der Waals surface area (Å²) in [6.07, 6.45) is 2.19. The largest absolute Gasteiger partial charge is 0.385 e. The van der Waals surface area contributed by atoms with Gasteiger partial charge >= 0.3 is 0 Å². The van der Waals surface area contributed by atoms with E-state index < -0.39 is 0 Å². The summed E-state index contributed by atoms with van der Waals surface area (Å²) in [5.41, 5.74) is 5.54. The molecule has 18 heavy (non-hydrogen) atoms. The summed E-state index contributed by atoms with van der Waals surface area (Å²) >= 11 is 0. The fraction of sp³-hybridized carbons (Fsp3) is 0.625. The molecule has 0 aliphatic heterocycles. The van der Waals surface area contributed by atoms with E-state index in [2.05, 4.69) is 45.1 Å². The van der Waals surface area contributed by atoms with Crippen LogP contribution in [-0.4, -0.2) is 20.3 Å². The van der Waals surface area contributed by atoms with Gasteiger partial charge in [-0.1, -0.05) is 19.1 Å². The van der Waals surface area contributed by atoms with Gasteiger partial charge in [0.05, 0.1) is 0 Å². The Morgan fingerprint density at radius 2 is 1.78 bits per heavy atom. The van der Waals surface area contributed by atoms with Crippen LogP contribution in [0.1, 0.15) is 48.1 Å². The molecule has 1 aromatic rings. The topological polar surface area (TPSA) is 21.3 Å². The molecule has 0 saturated heterocycles. The highest BCUT2D eigenvalue weighted by Crippen LogP contribution is 2.24.